The lowest BCUT2D eigenvalue weighted by Crippen LogP contribution is -2.33. The van der Waals surface area contributed by atoms with Gasteiger partial charge in [-0.25, -0.2) is 9.97 Å². The minimum absolute atomic E-state index is 0.0365. The number of aryl methyl sites for hydroxylation is 1. The summed E-state index contributed by atoms with van der Waals surface area (Å²) in [5.74, 6) is 2.44. The second kappa shape index (κ2) is 6.13. The first kappa shape index (κ1) is 16.1. The van der Waals surface area contributed by atoms with Crippen LogP contribution in [0.25, 0.3) is 0 Å². The van der Waals surface area contributed by atoms with E-state index in [1.807, 2.05) is 17.9 Å². The van der Waals surface area contributed by atoms with Crippen molar-refractivity contribution in [2.45, 2.75) is 26.7 Å². The molecule has 1 N–H and O–H groups in total. The molecular formula is C18H24N6O. The lowest BCUT2D eigenvalue weighted by Gasteiger charge is -2.22. The summed E-state index contributed by atoms with van der Waals surface area (Å²) in [5.41, 5.74) is 2.51. The maximum absolute atomic E-state index is 12.6. The molecule has 0 aliphatic carbocycles. The zero-order chi connectivity index (χ0) is 17.6. The highest BCUT2D eigenvalue weighted by Crippen LogP contribution is 2.34. The fourth-order valence-corrected chi connectivity index (χ4v) is 3.89. The van der Waals surface area contributed by atoms with Gasteiger partial charge in [0.1, 0.15) is 17.8 Å². The maximum atomic E-state index is 12.6. The number of nitrogens with one attached hydrogen (secondary N) is 1. The number of hydrogen-bond donors (Lipinski definition) is 1. The summed E-state index contributed by atoms with van der Waals surface area (Å²) in [6, 6.07) is 3.91. The van der Waals surface area contributed by atoms with Gasteiger partial charge in [-0.2, -0.15) is 5.10 Å². The normalized spacial score (nSPS) is 22.7. The van der Waals surface area contributed by atoms with Crippen LogP contribution in [-0.2, 0) is 0 Å². The summed E-state index contributed by atoms with van der Waals surface area (Å²) in [7, 11) is 0. The van der Waals surface area contributed by atoms with E-state index in [1.54, 1.807) is 6.33 Å². The van der Waals surface area contributed by atoms with Crippen molar-refractivity contribution in [3.05, 3.63) is 35.5 Å². The van der Waals surface area contributed by atoms with Crippen LogP contribution in [0.4, 0.5) is 5.82 Å². The maximum Gasteiger partial charge on any atom is 0.274 e. The molecule has 4 rings (SSSR count). The second-order valence-corrected chi connectivity index (χ2v) is 7.53. The molecule has 132 valence electrons. The topological polar surface area (TPSA) is 78.0 Å². The van der Waals surface area contributed by atoms with Gasteiger partial charge >= 0.3 is 0 Å². The van der Waals surface area contributed by atoms with Crippen LogP contribution in [0.1, 0.15) is 41.6 Å². The number of nitrogens with zero attached hydrogens (tertiary/aromatic N) is 5. The first-order valence-corrected chi connectivity index (χ1v) is 8.89. The van der Waals surface area contributed by atoms with E-state index in [-0.39, 0.29) is 5.91 Å². The van der Waals surface area contributed by atoms with E-state index in [9.17, 15) is 4.79 Å². The third kappa shape index (κ3) is 2.99. The summed E-state index contributed by atoms with van der Waals surface area (Å²) in [6.07, 6.45) is 1.66. The van der Waals surface area contributed by atoms with Gasteiger partial charge in [0.15, 0.2) is 0 Å². The molecule has 4 heterocycles. The predicted molar refractivity (Wildman–Crippen MR) is 94.5 cm³/mol. The summed E-state index contributed by atoms with van der Waals surface area (Å²) in [5, 5.41) is 6.95. The zero-order valence-electron chi connectivity index (χ0n) is 14.9. The van der Waals surface area contributed by atoms with Gasteiger partial charge in [-0.05, 0) is 18.9 Å². The molecule has 2 aromatic heterocycles. The van der Waals surface area contributed by atoms with Gasteiger partial charge in [-0.1, -0.05) is 13.8 Å². The van der Waals surface area contributed by atoms with Crippen LogP contribution < -0.4 is 4.90 Å². The minimum Gasteiger partial charge on any atom is -0.356 e. The lowest BCUT2D eigenvalue weighted by atomic mass is 10.0. The molecule has 2 saturated heterocycles. The van der Waals surface area contributed by atoms with Crippen LogP contribution >= 0.6 is 0 Å². The van der Waals surface area contributed by atoms with E-state index >= 15 is 0 Å². The average molecular weight is 340 g/mol. The average Bonchev–Trinajstić information content (AvgIpc) is 3.28. The van der Waals surface area contributed by atoms with Gasteiger partial charge in [0, 0.05) is 55.5 Å². The van der Waals surface area contributed by atoms with Crippen molar-refractivity contribution < 1.29 is 4.79 Å². The molecule has 0 bridgehead atoms. The van der Waals surface area contributed by atoms with Gasteiger partial charge in [-0.3, -0.25) is 9.89 Å². The molecule has 7 heteroatoms. The smallest absolute Gasteiger partial charge is 0.274 e. The fraction of sp³-hybridized carbons (Fsp3) is 0.556. The van der Waals surface area contributed by atoms with E-state index in [2.05, 4.69) is 45.0 Å². The molecule has 2 unspecified atom stereocenters. The number of aromatic nitrogens is 4. The second-order valence-electron chi connectivity index (χ2n) is 7.53. The van der Waals surface area contributed by atoms with Crippen LogP contribution in [0.15, 0.2) is 18.5 Å². The molecule has 0 saturated carbocycles. The van der Waals surface area contributed by atoms with Gasteiger partial charge < -0.3 is 9.80 Å². The third-order valence-corrected chi connectivity index (χ3v) is 5.29. The molecule has 2 fully saturated rings. The Morgan fingerprint density at radius 3 is 2.48 bits per heavy atom. The molecule has 0 aromatic carbocycles. The zero-order valence-corrected chi connectivity index (χ0v) is 14.9. The SMILES string of the molecule is Cc1cc(C(=O)N2CC3CN(c4cc(C(C)C)ncn4)CC3C2)n[nH]1. The Bertz CT molecular complexity index is 771. The standard InChI is InChI=1S/C18H24N6O/c1-11(2)15-5-17(20-10-19-15)23-6-13-8-24(9-14(13)7-23)18(25)16-4-12(3)21-22-16/h4-5,10-11,13-14H,6-9H2,1-3H3,(H,21,22). The number of rotatable bonds is 3. The Hall–Kier alpha value is -2.44. The first-order chi connectivity index (χ1) is 12.0. The fourth-order valence-electron chi connectivity index (χ4n) is 3.89. The molecular weight excluding hydrogens is 316 g/mol. The highest BCUT2D eigenvalue weighted by molar-refractivity contribution is 5.92. The van der Waals surface area contributed by atoms with E-state index in [4.69, 9.17) is 0 Å². The Morgan fingerprint density at radius 1 is 1.16 bits per heavy atom. The number of aromatic amines is 1. The van der Waals surface area contributed by atoms with E-state index < -0.39 is 0 Å². The molecule has 0 radical (unpaired) electrons. The van der Waals surface area contributed by atoms with Gasteiger partial charge in [0.05, 0.1) is 0 Å². The molecule has 0 spiro atoms. The highest BCUT2D eigenvalue weighted by atomic mass is 16.2. The van der Waals surface area contributed by atoms with E-state index in [1.165, 1.54) is 0 Å². The van der Waals surface area contributed by atoms with Gasteiger partial charge in [0.2, 0.25) is 0 Å². The summed E-state index contributed by atoms with van der Waals surface area (Å²) < 4.78 is 0. The Kier molecular flexibility index (Phi) is 3.94. The number of H-pyrrole nitrogens is 1. The summed E-state index contributed by atoms with van der Waals surface area (Å²) >= 11 is 0. The Balaban J connectivity index is 1.42. The number of hydrogen-bond acceptors (Lipinski definition) is 5. The molecule has 7 nitrogen and oxygen atoms in total. The molecule has 25 heavy (non-hydrogen) atoms. The molecule has 2 aliphatic rings. The molecule has 2 aliphatic heterocycles. The van der Waals surface area contributed by atoms with Crippen LogP contribution in [0, 0.1) is 18.8 Å². The number of carbonyl (C=O) groups is 1. The minimum atomic E-state index is 0.0365. The number of amides is 1. The highest BCUT2D eigenvalue weighted by Gasteiger charge is 2.42. The predicted octanol–water partition coefficient (Wildman–Crippen LogP) is 1.84. The van der Waals surface area contributed by atoms with Crippen molar-refractivity contribution in [3.8, 4) is 0 Å². The number of likely N-dealkylation sites (tertiary alicyclic amines) is 1. The van der Waals surface area contributed by atoms with Crippen molar-refractivity contribution >= 4 is 11.7 Å². The number of carbonyl (C=O) groups excluding carboxylic acids is 1. The Labute approximate surface area is 147 Å². The van der Waals surface area contributed by atoms with E-state index in [0.29, 0.717) is 23.4 Å². The third-order valence-electron chi connectivity index (χ3n) is 5.29. The molecule has 2 atom stereocenters. The van der Waals surface area contributed by atoms with Crippen molar-refractivity contribution in [2.75, 3.05) is 31.1 Å². The van der Waals surface area contributed by atoms with E-state index in [0.717, 1.165) is 43.4 Å². The van der Waals surface area contributed by atoms with Crippen molar-refractivity contribution in [1.82, 2.24) is 25.1 Å². The number of anilines is 1. The Morgan fingerprint density at radius 2 is 1.88 bits per heavy atom. The quantitative estimate of drug-likeness (QED) is 0.922. The first-order valence-electron chi connectivity index (χ1n) is 8.89. The molecule has 1 amide bonds. The van der Waals surface area contributed by atoms with Crippen molar-refractivity contribution in [2.24, 2.45) is 11.8 Å². The van der Waals surface area contributed by atoms with Gasteiger partial charge in [0.25, 0.3) is 5.91 Å². The van der Waals surface area contributed by atoms with Crippen LogP contribution in [0.3, 0.4) is 0 Å². The summed E-state index contributed by atoms with van der Waals surface area (Å²) in [6.45, 7) is 9.69. The van der Waals surface area contributed by atoms with Crippen LogP contribution in [-0.4, -0.2) is 57.2 Å². The monoisotopic (exact) mass is 340 g/mol. The van der Waals surface area contributed by atoms with Crippen molar-refractivity contribution in [3.63, 3.8) is 0 Å². The lowest BCUT2D eigenvalue weighted by molar-refractivity contribution is 0.0776. The van der Waals surface area contributed by atoms with Crippen LogP contribution in [0.5, 0.6) is 0 Å². The summed E-state index contributed by atoms with van der Waals surface area (Å²) in [4.78, 5) is 25.7. The number of fused-ring (bicyclic) bond motifs is 1. The van der Waals surface area contributed by atoms with Gasteiger partial charge in [-0.15, -0.1) is 0 Å². The largest absolute Gasteiger partial charge is 0.356 e. The van der Waals surface area contributed by atoms with Crippen molar-refractivity contribution in [1.29, 1.82) is 0 Å². The van der Waals surface area contributed by atoms with Crippen LogP contribution in [0.2, 0.25) is 0 Å². The molecule has 2 aromatic rings.